The van der Waals surface area contributed by atoms with Crippen LogP contribution in [-0.2, 0) is 0 Å². The number of rotatable bonds is 2. The van der Waals surface area contributed by atoms with Gasteiger partial charge in [-0.05, 0) is 12.1 Å². The number of aromatic hydroxyl groups is 1. The zero-order valence-electron chi connectivity index (χ0n) is 9.07. The Balaban J connectivity index is 1.97. The molecule has 7 nitrogen and oxygen atoms in total. The first-order chi connectivity index (χ1) is 8.72. The van der Waals surface area contributed by atoms with E-state index < -0.39 is 0 Å². The van der Waals surface area contributed by atoms with Gasteiger partial charge in [-0.3, -0.25) is 0 Å². The molecule has 18 heavy (non-hydrogen) atoms. The molecule has 3 rings (SSSR count). The van der Waals surface area contributed by atoms with Crippen LogP contribution in [0.3, 0.4) is 0 Å². The normalized spacial score (nSPS) is 10.7. The van der Waals surface area contributed by atoms with E-state index in [2.05, 4.69) is 15.2 Å². The Morgan fingerprint density at radius 1 is 1.33 bits per heavy atom. The van der Waals surface area contributed by atoms with Crippen LogP contribution in [0.15, 0.2) is 41.5 Å². The molecule has 0 bridgehead atoms. The second-order valence-corrected chi connectivity index (χ2v) is 3.58. The summed E-state index contributed by atoms with van der Waals surface area (Å²) in [6.07, 6.45) is 1.32. The van der Waals surface area contributed by atoms with E-state index in [1.165, 1.54) is 28.9 Å². The topological polar surface area (TPSA) is 92.5 Å². The van der Waals surface area contributed by atoms with E-state index in [0.717, 1.165) is 0 Å². The van der Waals surface area contributed by atoms with Crippen molar-refractivity contribution in [1.29, 1.82) is 0 Å². The number of H-pyrrole nitrogens is 1. The number of phenols is 1. The maximum atomic E-state index is 11.2. The van der Waals surface area contributed by atoms with E-state index in [9.17, 15) is 9.90 Å². The minimum atomic E-state index is -0.360. The van der Waals surface area contributed by atoms with Gasteiger partial charge in [-0.2, -0.15) is 5.10 Å². The van der Waals surface area contributed by atoms with E-state index in [4.69, 9.17) is 4.74 Å². The molecule has 0 aliphatic heterocycles. The highest BCUT2D eigenvalue weighted by Crippen LogP contribution is 2.23. The quantitative estimate of drug-likeness (QED) is 0.699. The molecule has 2 heterocycles. The number of benzene rings is 1. The van der Waals surface area contributed by atoms with Crippen LogP contribution in [0.4, 0.5) is 0 Å². The molecule has 0 unspecified atom stereocenters. The maximum Gasteiger partial charge on any atom is 0.348 e. The van der Waals surface area contributed by atoms with E-state index in [1.807, 2.05) is 0 Å². The molecule has 0 atom stereocenters. The van der Waals surface area contributed by atoms with Crippen LogP contribution in [0.2, 0.25) is 0 Å². The zero-order valence-corrected chi connectivity index (χ0v) is 9.07. The average molecular weight is 244 g/mol. The highest BCUT2D eigenvalue weighted by atomic mass is 16.5. The van der Waals surface area contributed by atoms with Gasteiger partial charge < -0.3 is 9.84 Å². The molecule has 90 valence electrons. The van der Waals surface area contributed by atoms with Gasteiger partial charge in [-0.25, -0.2) is 19.3 Å². The van der Waals surface area contributed by atoms with Crippen LogP contribution in [0, 0.1) is 0 Å². The van der Waals surface area contributed by atoms with E-state index in [1.54, 1.807) is 12.1 Å². The first-order valence-electron chi connectivity index (χ1n) is 5.12. The molecule has 0 saturated heterocycles. The lowest BCUT2D eigenvalue weighted by molar-refractivity contribution is 0.445. The fourth-order valence-corrected chi connectivity index (χ4v) is 1.52. The summed E-state index contributed by atoms with van der Waals surface area (Å²) in [4.78, 5) is 15.2. The number of phenolic OH excluding ortho intramolecular Hbond substituents is 1. The van der Waals surface area contributed by atoms with Gasteiger partial charge in [0.05, 0.1) is 0 Å². The predicted molar refractivity (Wildman–Crippen MR) is 61.8 cm³/mol. The number of fused-ring (bicyclic) bond motifs is 1. The Morgan fingerprint density at radius 3 is 3.06 bits per heavy atom. The Kier molecular flexibility index (Phi) is 2.23. The maximum absolute atomic E-state index is 11.2. The third-order valence-corrected chi connectivity index (χ3v) is 2.32. The lowest BCUT2D eigenvalue weighted by Crippen LogP contribution is -2.09. The van der Waals surface area contributed by atoms with Gasteiger partial charge in [-0.1, -0.05) is 6.07 Å². The molecule has 7 heteroatoms. The van der Waals surface area contributed by atoms with Gasteiger partial charge in [0.2, 0.25) is 5.88 Å². The van der Waals surface area contributed by atoms with E-state index in [0.29, 0.717) is 11.4 Å². The number of nitrogens with one attached hydrogen (secondary N) is 1. The summed E-state index contributed by atoms with van der Waals surface area (Å²) < 4.78 is 6.70. The van der Waals surface area contributed by atoms with Crippen molar-refractivity contribution in [3.8, 4) is 17.4 Å². The summed E-state index contributed by atoms with van der Waals surface area (Å²) in [5, 5.41) is 15.4. The summed E-state index contributed by atoms with van der Waals surface area (Å²) in [5.41, 5.74) is 0.0477. The van der Waals surface area contributed by atoms with Crippen LogP contribution < -0.4 is 10.4 Å². The smallest absolute Gasteiger partial charge is 0.348 e. The van der Waals surface area contributed by atoms with Gasteiger partial charge in [0, 0.05) is 12.1 Å². The molecule has 3 aromatic rings. The minimum absolute atomic E-state index is 0.101. The highest BCUT2D eigenvalue weighted by Gasteiger charge is 2.04. The molecule has 0 fully saturated rings. The lowest BCUT2D eigenvalue weighted by Gasteiger charge is -2.04. The highest BCUT2D eigenvalue weighted by molar-refractivity contribution is 5.41. The van der Waals surface area contributed by atoms with Crippen LogP contribution in [0.1, 0.15) is 0 Å². The van der Waals surface area contributed by atoms with Crippen LogP contribution in [0.5, 0.6) is 17.4 Å². The van der Waals surface area contributed by atoms with Crippen molar-refractivity contribution in [3.63, 3.8) is 0 Å². The fraction of sp³-hybridized carbons (Fsp3) is 0. The average Bonchev–Trinajstić information content (AvgIpc) is 2.71. The molecule has 2 N–H and O–H groups in total. The summed E-state index contributed by atoms with van der Waals surface area (Å²) in [7, 11) is 0. The second-order valence-electron chi connectivity index (χ2n) is 3.58. The standard InChI is InChI=1S/C11H8N4O3/c16-7-2-1-3-8(4-7)18-10-5-9-13-14-11(17)15(9)6-12-10/h1-6,16H,(H,14,17). The molecule has 0 aliphatic carbocycles. The van der Waals surface area contributed by atoms with Crippen LogP contribution in [0.25, 0.3) is 5.65 Å². The molecule has 0 radical (unpaired) electrons. The number of ether oxygens (including phenoxy) is 1. The summed E-state index contributed by atoms with van der Waals surface area (Å²) in [6, 6.07) is 7.85. The number of hydrogen-bond donors (Lipinski definition) is 2. The molecule has 0 spiro atoms. The summed E-state index contributed by atoms with van der Waals surface area (Å²) in [6.45, 7) is 0. The lowest BCUT2D eigenvalue weighted by atomic mass is 10.3. The fourth-order valence-electron chi connectivity index (χ4n) is 1.52. The van der Waals surface area contributed by atoms with E-state index in [-0.39, 0.29) is 17.3 Å². The number of aromatic nitrogens is 4. The van der Waals surface area contributed by atoms with Gasteiger partial charge in [-0.15, -0.1) is 0 Å². The second kappa shape index (κ2) is 3.88. The zero-order chi connectivity index (χ0) is 12.5. The Labute approximate surface area is 100 Å². The molecule has 0 saturated carbocycles. The first-order valence-corrected chi connectivity index (χ1v) is 5.12. The van der Waals surface area contributed by atoms with Crippen molar-refractivity contribution in [2.24, 2.45) is 0 Å². The Bertz CT molecular complexity index is 762. The molecule has 1 aromatic carbocycles. The largest absolute Gasteiger partial charge is 0.508 e. The van der Waals surface area contributed by atoms with Gasteiger partial charge >= 0.3 is 5.69 Å². The third kappa shape index (κ3) is 1.77. The molecule has 0 amide bonds. The van der Waals surface area contributed by atoms with Crippen molar-refractivity contribution in [2.45, 2.75) is 0 Å². The monoisotopic (exact) mass is 244 g/mol. The number of nitrogens with zero attached hydrogens (tertiary/aromatic N) is 3. The molecule has 0 aliphatic rings. The van der Waals surface area contributed by atoms with Crippen molar-refractivity contribution in [3.05, 3.63) is 47.1 Å². The van der Waals surface area contributed by atoms with Crippen LogP contribution >= 0.6 is 0 Å². The first kappa shape index (κ1) is 10.3. The van der Waals surface area contributed by atoms with Crippen molar-refractivity contribution in [2.75, 3.05) is 0 Å². The molecular weight excluding hydrogens is 236 g/mol. The SMILES string of the molecule is O=c1[nH]nc2cc(Oc3cccc(O)c3)ncn12. The Hall–Kier alpha value is -2.83. The molecule has 2 aromatic heterocycles. The number of aromatic amines is 1. The minimum Gasteiger partial charge on any atom is -0.508 e. The number of hydrogen-bond acceptors (Lipinski definition) is 5. The van der Waals surface area contributed by atoms with E-state index >= 15 is 0 Å². The Morgan fingerprint density at radius 2 is 2.22 bits per heavy atom. The molecular formula is C11H8N4O3. The van der Waals surface area contributed by atoms with Crippen molar-refractivity contribution >= 4 is 5.65 Å². The third-order valence-electron chi connectivity index (χ3n) is 2.32. The van der Waals surface area contributed by atoms with Crippen molar-refractivity contribution in [1.82, 2.24) is 19.6 Å². The summed E-state index contributed by atoms with van der Waals surface area (Å²) in [5.74, 6) is 0.835. The van der Waals surface area contributed by atoms with Gasteiger partial charge in [0.25, 0.3) is 0 Å². The van der Waals surface area contributed by atoms with Gasteiger partial charge in [0.15, 0.2) is 5.65 Å². The van der Waals surface area contributed by atoms with Gasteiger partial charge in [0.1, 0.15) is 17.8 Å². The summed E-state index contributed by atoms with van der Waals surface area (Å²) >= 11 is 0. The predicted octanol–water partition coefficient (Wildman–Crippen LogP) is 0.915. The van der Waals surface area contributed by atoms with Crippen molar-refractivity contribution < 1.29 is 9.84 Å². The van der Waals surface area contributed by atoms with Crippen LogP contribution in [-0.4, -0.2) is 24.7 Å².